The number of ether oxygens (including phenoxy) is 2. The topological polar surface area (TPSA) is 61.6 Å². The molecule has 0 amide bonds. The molecular weight excluding hydrogens is 290 g/mol. The molecule has 112 valence electrons. The molecule has 0 radical (unpaired) electrons. The van der Waals surface area contributed by atoms with Crippen LogP contribution in [-0.2, 0) is 20.9 Å². The van der Waals surface area contributed by atoms with Gasteiger partial charge in [-0.3, -0.25) is 4.79 Å². The summed E-state index contributed by atoms with van der Waals surface area (Å²) in [5.74, 6) is 1.05. The number of rotatable bonds is 4. The van der Waals surface area contributed by atoms with Crippen LogP contribution in [-0.4, -0.2) is 24.2 Å². The third kappa shape index (κ3) is 3.33. The molecule has 1 fully saturated rings. The predicted molar refractivity (Wildman–Crippen MR) is 77.9 cm³/mol. The van der Waals surface area contributed by atoms with Crippen molar-refractivity contribution in [3.63, 3.8) is 0 Å². The second kappa shape index (κ2) is 6.41. The van der Waals surface area contributed by atoms with Crippen LogP contribution in [0.5, 0.6) is 0 Å². The molecule has 0 aromatic carbocycles. The highest BCUT2D eigenvalue weighted by molar-refractivity contribution is 7.13. The van der Waals surface area contributed by atoms with Crippen LogP contribution in [0.25, 0.3) is 10.8 Å². The number of nitrogens with zero attached hydrogens (tertiary/aromatic N) is 1. The van der Waals surface area contributed by atoms with Crippen molar-refractivity contribution in [1.82, 2.24) is 4.98 Å². The molecular formula is C15H17NO4S. The van der Waals surface area contributed by atoms with Gasteiger partial charge in [0.25, 0.3) is 0 Å². The van der Waals surface area contributed by atoms with Gasteiger partial charge < -0.3 is 13.9 Å². The predicted octanol–water partition coefficient (Wildman–Crippen LogP) is 3.18. The maximum atomic E-state index is 12.0. The van der Waals surface area contributed by atoms with Crippen LogP contribution < -0.4 is 0 Å². The molecule has 21 heavy (non-hydrogen) atoms. The normalized spacial score (nSPS) is 16.0. The van der Waals surface area contributed by atoms with E-state index in [-0.39, 0.29) is 18.5 Å². The fraction of sp³-hybridized carbons (Fsp3) is 0.467. The minimum atomic E-state index is -0.168. The Hall–Kier alpha value is -1.66. The lowest BCUT2D eigenvalue weighted by Crippen LogP contribution is -2.25. The number of carbonyl (C=O) groups is 1. The van der Waals surface area contributed by atoms with Crippen LogP contribution in [0.1, 0.15) is 24.3 Å². The van der Waals surface area contributed by atoms with Crippen molar-refractivity contribution in [2.75, 3.05) is 13.2 Å². The second-order valence-corrected chi connectivity index (χ2v) is 5.94. The summed E-state index contributed by atoms with van der Waals surface area (Å²) >= 11 is 1.57. The van der Waals surface area contributed by atoms with Gasteiger partial charge in [0.1, 0.15) is 18.1 Å². The molecule has 2 aromatic rings. The minimum Gasteiger partial charge on any atom is -0.459 e. The van der Waals surface area contributed by atoms with E-state index in [4.69, 9.17) is 13.9 Å². The summed E-state index contributed by atoms with van der Waals surface area (Å²) in [5.41, 5.74) is 0.679. The van der Waals surface area contributed by atoms with Gasteiger partial charge in [0.15, 0.2) is 0 Å². The number of hydrogen-bond acceptors (Lipinski definition) is 6. The standard InChI is InChI=1S/C15H17NO4S/c1-10-12(16-14(20-10)13-3-2-8-21-13)9-19-15(17)11-4-6-18-7-5-11/h2-3,8,11H,4-7,9H2,1H3. The van der Waals surface area contributed by atoms with E-state index in [2.05, 4.69) is 4.98 Å². The van der Waals surface area contributed by atoms with Gasteiger partial charge in [-0.15, -0.1) is 11.3 Å². The smallest absolute Gasteiger partial charge is 0.309 e. The molecule has 2 aromatic heterocycles. The van der Waals surface area contributed by atoms with Gasteiger partial charge in [0.05, 0.1) is 10.8 Å². The third-order valence-corrected chi connectivity index (χ3v) is 4.39. The van der Waals surface area contributed by atoms with Crippen LogP contribution in [0.15, 0.2) is 21.9 Å². The molecule has 3 rings (SSSR count). The van der Waals surface area contributed by atoms with E-state index in [0.717, 1.165) is 17.7 Å². The molecule has 1 aliphatic heterocycles. The van der Waals surface area contributed by atoms with Gasteiger partial charge in [0.2, 0.25) is 5.89 Å². The number of oxazole rings is 1. The van der Waals surface area contributed by atoms with Gasteiger partial charge in [-0.1, -0.05) is 6.07 Å². The van der Waals surface area contributed by atoms with E-state index in [9.17, 15) is 4.79 Å². The number of aryl methyl sites for hydroxylation is 1. The molecule has 0 atom stereocenters. The second-order valence-electron chi connectivity index (χ2n) is 4.99. The number of aromatic nitrogens is 1. The van der Waals surface area contributed by atoms with Crippen molar-refractivity contribution in [1.29, 1.82) is 0 Å². The Morgan fingerprint density at radius 2 is 2.29 bits per heavy atom. The Bertz CT molecular complexity index is 599. The zero-order valence-electron chi connectivity index (χ0n) is 11.8. The number of esters is 1. The molecule has 0 N–H and O–H groups in total. The molecule has 1 aliphatic rings. The first-order chi connectivity index (χ1) is 10.2. The molecule has 0 spiro atoms. The largest absolute Gasteiger partial charge is 0.459 e. The lowest BCUT2D eigenvalue weighted by molar-refractivity contribution is -0.153. The molecule has 5 nitrogen and oxygen atoms in total. The van der Waals surface area contributed by atoms with Crippen LogP contribution >= 0.6 is 11.3 Å². The van der Waals surface area contributed by atoms with E-state index >= 15 is 0 Å². The zero-order chi connectivity index (χ0) is 14.7. The number of carbonyl (C=O) groups excluding carboxylic acids is 1. The summed E-state index contributed by atoms with van der Waals surface area (Å²) in [6.07, 6.45) is 1.47. The Kier molecular flexibility index (Phi) is 4.36. The van der Waals surface area contributed by atoms with E-state index in [0.29, 0.717) is 30.6 Å². The van der Waals surface area contributed by atoms with Crippen molar-refractivity contribution in [3.8, 4) is 10.8 Å². The highest BCUT2D eigenvalue weighted by Crippen LogP contribution is 2.26. The van der Waals surface area contributed by atoms with E-state index in [1.54, 1.807) is 11.3 Å². The summed E-state index contributed by atoms with van der Waals surface area (Å²) in [6.45, 7) is 3.26. The first kappa shape index (κ1) is 14.3. The first-order valence-electron chi connectivity index (χ1n) is 6.98. The summed E-state index contributed by atoms with van der Waals surface area (Å²) in [5, 5.41) is 1.97. The Morgan fingerprint density at radius 3 is 3.00 bits per heavy atom. The number of thiophene rings is 1. The van der Waals surface area contributed by atoms with Gasteiger partial charge in [-0.05, 0) is 31.2 Å². The van der Waals surface area contributed by atoms with Gasteiger partial charge in [-0.25, -0.2) is 4.98 Å². The molecule has 0 bridgehead atoms. The first-order valence-corrected chi connectivity index (χ1v) is 7.86. The Balaban J connectivity index is 1.61. The average molecular weight is 307 g/mol. The quantitative estimate of drug-likeness (QED) is 0.812. The van der Waals surface area contributed by atoms with Gasteiger partial charge in [-0.2, -0.15) is 0 Å². The van der Waals surface area contributed by atoms with Crippen molar-refractivity contribution < 1.29 is 18.7 Å². The minimum absolute atomic E-state index is 0.0530. The van der Waals surface area contributed by atoms with Crippen LogP contribution in [0, 0.1) is 12.8 Å². The van der Waals surface area contributed by atoms with E-state index < -0.39 is 0 Å². The van der Waals surface area contributed by atoms with Crippen molar-refractivity contribution in [2.24, 2.45) is 5.92 Å². The highest BCUT2D eigenvalue weighted by Gasteiger charge is 2.23. The monoisotopic (exact) mass is 307 g/mol. The lowest BCUT2D eigenvalue weighted by atomic mass is 10.0. The van der Waals surface area contributed by atoms with E-state index in [1.165, 1.54) is 0 Å². The van der Waals surface area contributed by atoms with Gasteiger partial charge >= 0.3 is 5.97 Å². The van der Waals surface area contributed by atoms with Crippen molar-refractivity contribution in [2.45, 2.75) is 26.4 Å². The summed E-state index contributed by atoms with van der Waals surface area (Å²) < 4.78 is 16.2. The van der Waals surface area contributed by atoms with Crippen LogP contribution in [0.2, 0.25) is 0 Å². The third-order valence-electron chi connectivity index (χ3n) is 3.53. The maximum Gasteiger partial charge on any atom is 0.309 e. The van der Waals surface area contributed by atoms with Crippen LogP contribution in [0.4, 0.5) is 0 Å². The Morgan fingerprint density at radius 1 is 1.48 bits per heavy atom. The SMILES string of the molecule is Cc1oc(-c2cccs2)nc1COC(=O)C1CCOCC1. The van der Waals surface area contributed by atoms with Crippen molar-refractivity contribution >= 4 is 17.3 Å². The van der Waals surface area contributed by atoms with Crippen LogP contribution in [0.3, 0.4) is 0 Å². The molecule has 0 unspecified atom stereocenters. The molecule has 3 heterocycles. The lowest BCUT2D eigenvalue weighted by Gasteiger charge is -2.20. The summed E-state index contributed by atoms with van der Waals surface area (Å²) in [6, 6.07) is 3.90. The maximum absolute atomic E-state index is 12.0. The summed E-state index contributed by atoms with van der Waals surface area (Å²) in [4.78, 5) is 17.4. The molecule has 1 saturated heterocycles. The van der Waals surface area contributed by atoms with E-state index in [1.807, 2.05) is 24.4 Å². The fourth-order valence-electron chi connectivity index (χ4n) is 2.26. The molecule has 6 heteroatoms. The molecule has 0 aliphatic carbocycles. The highest BCUT2D eigenvalue weighted by atomic mass is 32.1. The summed E-state index contributed by atoms with van der Waals surface area (Å²) in [7, 11) is 0. The average Bonchev–Trinajstić information content (AvgIpc) is 3.15. The fourth-order valence-corrected chi connectivity index (χ4v) is 2.91. The molecule has 0 saturated carbocycles. The Labute approximate surface area is 126 Å². The van der Waals surface area contributed by atoms with Crippen molar-refractivity contribution in [3.05, 3.63) is 29.0 Å². The van der Waals surface area contributed by atoms with Gasteiger partial charge in [0, 0.05) is 13.2 Å². The zero-order valence-corrected chi connectivity index (χ0v) is 12.6. The number of hydrogen-bond donors (Lipinski definition) is 0.